The second kappa shape index (κ2) is 22.2. The first kappa shape index (κ1) is 36.8. The lowest BCUT2D eigenvalue weighted by Crippen LogP contribution is -2.20. The van der Waals surface area contributed by atoms with E-state index in [-0.39, 0.29) is 13.2 Å². The summed E-state index contributed by atoms with van der Waals surface area (Å²) in [6.07, 6.45) is 11.9. The molecule has 7 nitrogen and oxygen atoms in total. The number of ether oxygens (including phenoxy) is 4. The molecule has 2 aromatic rings. The van der Waals surface area contributed by atoms with Gasteiger partial charge in [-0.3, -0.25) is 0 Å². The van der Waals surface area contributed by atoms with Gasteiger partial charge in [0, 0.05) is 11.1 Å². The fraction of sp³-hybridized carbons (Fsp3) is 0.595. The highest BCUT2D eigenvalue weighted by Crippen LogP contribution is 2.32. The highest BCUT2D eigenvalue weighted by Gasteiger charge is 2.28. The van der Waals surface area contributed by atoms with E-state index in [1.165, 1.54) is 38.5 Å². The summed E-state index contributed by atoms with van der Waals surface area (Å²) < 4.78 is 22.6. The van der Waals surface area contributed by atoms with E-state index in [0.29, 0.717) is 35.1 Å². The molecule has 0 aliphatic rings. The van der Waals surface area contributed by atoms with Gasteiger partial charge in [-0.1, -0.05) is 114 Å². The van der Waals surface area contributed by atoms with E-state index in [2.05, 4.69) is 13.8 Å². The van der Waals surface area contributed by atoms with Gasteiger partial charge in [-0.05, 0) is 51.7 Å². The maximum atomic E-state index is 13.5. The highest BCUT2D eigenvalue weighted by atomic mass is 16.7. The summed E-state index contributed by atoms with van der Waals surface area (Å²) in [7, 11) is 0. The number of hydrogen-bond acceptors (Lipinski definition) is 7. The minimum atomic E-state index is -0.825. The number of benzene rings is 2. The van der Waals surface area contributed by atoms with Gasteiger partial charge in [0.05, 0.1) is 24.3 Å². The summed E-state index contributed by atoms with van der Waals surface area (Å²) in [6.45, 7) is 8.40. The molecule has 0 aliphatic heterocycles. The molecule has 2 rings (SSSR count). The zero-order valence-electron chi connectivity index (χ0n) is 27.4. The molecule has 0 saturated carbocycles. The van der Waals surface area contributed by atoms with Crippen molar-refractivity contribution in [3.8, 4) is 0 Å². The van der Waals surface area contributed by atoms with Crippen molar-refractivity contribution in [2.24, 2.45) is 0 Å². The molecule has 7 heteroatoms. The van der Waals surface area contributed by atoms with E-state index in [1.807, 2.05) is 24.3 Å². The van der Waals surface area contributed by atoms with E-state index < -0.39 is 30.3 Å². The predicted octanol–water partition coefficient (Wildman–Crippen LogP) is 10.5. The topological polar surface area (TPSA) is 88.1 Å². The number of carbonyl (C=O) groups is 3. The Morgan fingerprint density at radius 3 is 1.27 bits per heavy atom. The second-order valence-corrected chi connectivity index (χ2v) is 11.2. The normalized spacial score (nSPS) is 12.3. The zero-order chi connectivity index (χ0) is 32.0. The standard InChI is InChI=1S/C37H54O7/c1-5-9-11-13-15-17-27-33(29-23-19-21-25-31(29)35(38)41-7-3)43-37(40)44-34(28-18-16-14-12-10-6-2)30-24-20-22-26-32(30)36(39)42-8-4/h19-26,33-34H,5-18,27-28H2,1-4H3. The van der Waals surface area contributed by atoms with Gasteiger partial charge >= 0.3 is 18.1 Å². The zero-order valence-corrected chi connectivity index (χ0v) is 27.4. The molecule has 0 radical (unpaired) electrons. The molecule has 0 amide bonds. The van der Waals surface area contributed by atoms with Crippen LogP contribution >= 0.6 is 0 Å². The van der Waals surface area contributed by atoms with Crippen molar-refractivity contribution in [2.75, 3.05) is 13.2 Å². The number of carbonyl (C=O) groups excluding carboxylic acids is 3. The average Bonchev–Trinajstić information content (AvgIpc) is 3.03. The first-order valence-corrected chi connectivity index (χ1v) is 16.9. The third-order valence-corrected chi connectivity index (χ3v) is 7.72. The molecule has 0 bridgehead atoms. The highest BCUT2D eigenvalue weighted by molar-refractivity contribution is 5.92. The van der Waals surface area contributed by atoms with Crippen LogP contribution in [0.4, 0.5) is 4.79 Å². The first-order valence-electron chi connectivity index (χ1n) is 16.9. The van der Waals surface area contributed by atoms with Gasteiger partial charge in [0.15, 0.2) is 0 Å². The minimum absolute atomic E-state index is 0.248. The molecule has 0 aromatic heterocycles. The summed E-state index contributed by atoms with van der Waals surface area (Å²) in [5, 5.41) is 0. The van der Waals surface area contributed by atoms with Crippen molar-refractivity contribution >= 4 is 18.1 Å². The molecule has 2 atom stereocenters. The summed E-state index contributed by atoms with van der Waals surface area (Å²) in [5.41, 5.74) is 1.98. The lowest BCUT2D eigenvalue weighted by Gasteiger charge is -2.24. The predicted molar refractivity (Wildman–Crippen MR) is 174 cm³/mol. The Balaban J connectivity index is 2.28. The van der Waals surface area contributed by atoms with Crippen molar-refractivity contribution in [3.05, 3.63) is 70.8 Å². The molecule has 2 aromatic carbocycles. The Labute approximate surface area is 265 Å². The third-order valence-electron chi connectivity index (χ3n) is 7.72. The van der Waals surface area contributed by atoms with Crippen molar-refractivity contribution in [1.29, 1.82) is 0 Å². The molecule has 0 saturated heterocycles. The first-order chi connectivity index (χ1) is 21.5. The largest absolute Gasteiger partial charge is 0.509 e. The van der Waals surface area contributed by atoms with E-state index >= 15 is 0 Å². The quantitative estimate of drug-likeness (QED) is 0.0744. The minimum Gasteiger partial charge on any atom is -0.462 e. The third kappa shape index (κ3) is 13.1. The van der Waals surface area contributed by atoms with E-state index in [9.17, 15) is 14.4 Å². The van der Waals surface area contributed by atoms with Crippen LogP contribution in [-0.2, 0) is 18.9 Å². The van der Waals surface area contributed by atoms with Crippen molar-refractivity contribution in [3.63, 3.8) is 0 Å². The van der Waals surface area contributed by atoms with Gasteiger partial charge in [-0.2, -0.15) is 0 Å². The monoisotopic (exact) mass is 610 g/mol. The van der Waals surface area contributed by atoms with Crippen LogP contribution < -0.4 is 0 Å². The Hall–Kier alpha value is -3.35. The number of esters is 2. The number of unbranched alkanes of at least 4 members (excludes halogenated alkanes) is 10. The van der Waals surface area contributed by atoms with Gasteiger partial charge in [0.1, 0.15) is 12.2 Å². The molecule has 244 valence electrons. The second-order valence-electron chi connectivity index (χ2n) is 11.2. The van der Waals surface area contributed by atoms with Gasteiger partial charge < -0.3 is 18.9 Å². The van der Waals surface area contributed by atoms with Crippen LogP contribution in [0.5, 0.6) is 0 Å². The lowest BCUT2D eigenvalue weighted by molar-refractivity contribution is -0.00974. The van der Waals surface area contributed by atoms with Crippen LogP contribution in [0.15, 0.2) is 48.5 Å². The van der Waals surface area contributed by atoms with Crippen LogP contribution in [0.25, 0.3) is 0 Å². The molecule has 44 heavy (non-hydrogen) atoms. The summed E-state index contributed by atoms with van der Waals surface area (Å²) >= 11 is 0. The Morgan fingerprint density at radius 1 is 0.523 bits per heavy atom. The van der Waals surface area contributed by atoms with Crippen LogP contribution in [0.3, 0.4) is 0 Å². The average molecular weight is 611 g/mol. The Bertz CT molecular complexity index is 1030. The summed E-state index contributed by atoms with van der Waals surface area (Å²) in [6, 6.07) is 14.2. The van der Waals surface area contributed by atoms with Gasteiger partial charge in [-0.25, -0.2) is 14.4 Å². The van der Waals surface area contributed by atoms with Crippen molar-refractivity contribution in [2.45, 2.75) is 130 Å². The summed E-state index contributed by atoms with van der Waals surface area (Å²) in [5.74, 6) is -0.894. The molecular formula is C37H54O7. The van der Waals surface area contributed by atoms with Gasteiger partial charge in [0.2, 0.25) is 0 Å². The molecule has 0 heterocycles. The molecule has 0 fully saturated rings. The smallest absolute Gasteiger partial charge is 0.462 e. The van der Waals surface area contributed by atoms with E-state index in [4.69, 9.17) is 18.9 Å². The van der Waals surface area contributed by atoms with Gasteiger partial charge in [0.25, 0.3) is 0 Å². The van der Waals surface area contributed by atoms with Crippen LogP contribution in [-0.4, -0.2) is 31.3 Å². The van der Waals surface area contributed by atoms with Crippen LogP contribution in [0, 0.1) is 0 Å². The van der Waals surface area contributed by atoms with Crippen molar-refractivity contribution < 1.29 is 33.3 Å². The van der Waals surface area contributed by atoms with Gasteiger partial charge in [-0.15, -0.1) is 0 Å². The maximum absolute atomic E-state index is 13.5. The fourth-order valence-electron chi connectivity index (χ4n) is 5.38. The Morgan fingerprint density at radius 2 is 0.886 bits per heavy atom. The number of rotatable bonds is 22. The maximum Gasteiger partial charge on any atom is 0.509 e. The van der Waals surface area contributed by atoms with Crippen LogP contribution in [0.2, 0.25) is 0 Å². The molecule has 0 N–H and O–H groups in total. The SMILES string of the molecule is CCCCCCCCC(OC(=O)OC(CCCCCCCC)c1ccccc1C(=O)OCC)c1ccccc1C(=O)OCC. The number of hydrogen-bond donors (Lipinski definition) is 0. The molecule has 0 spiro atoms. The van der Waals surface area contributed by atoms with Crippen molar-refractivity contribution in [1.82, 2.24) is 0 Å². The summed E-state index contributed by atoms with van der Waals surface area (Å²) in [4.78, 5) is 39.1. The molecule has 2 unspecified atom stereocenters. The van der Waals surface area contributed by atoms with Crippen LogP contribution in [0.1, 0.15) is 162 Å². The molecular weight excluding hydrogens is 556 g/mol. The molecule has 0 aliphatic carbocycles. The van der Waals surface area contributed by atoms with E-state index in [0.717, 1.165) is 38.5 Å². The lowest BCUT2D eigenvalue weighted by atomic mass is 9.97. The fourth-order valence-corrected chi connectivity index (χ4v) is 5.38. The van der Waals surface area contributed by atoms with E-state index in [1.54, 1.807) is 38.1 Å². The Kier molecular flexibility index (Phi) is 18.6.